The van der Waals surface area contributed by atoms with Crippen molar-refractivity contribution in [3.05, 3.63) is 72.0 Å². The molecule has 1 N–H and O–H groups in total. The quantitative estimate of drug-likeness (QED) is 0.802. The molecule has 24 heavy (non-hydrogen) atoms. The lowest BCUT2D eigenvalue weighted by atomic mass is 10.1. The fraction of sp³-hybridized carbons (Fsp3) is 0.0526. The van der Waals surface area contributed by atoms with E-state index in [-0.39, 0.29) is 24.2 Å². The minimum Gasteiger partial charge on any atom is -0.325 e. The highest BCUT2D eigenvalue weighted by Crippen LogP contribution is 2.36. The molecule has 0 unspecified atom stereocenters. The summed E-state index contributed by atoms with van der Waals surface area (Å²) in [6.45, 7) is -0.0933. The van der Waals surface area contributed by atoms with Crippen LogP contribution in [0.4, 0.5) is 15.8 Å². The van der Waals surface area contributed by atoms with Crippen molar-refractivity contribution in [3.8, 4) is 0 Å². The maximum atomic E-state index is 12.9. The Morgan fingerprint density at radius 3 is 2.46 bits per heavy atom. The highest BCUT2D eigenvalue weighted by Gasteiger charge is 2.30. The van der Waals surface area contributed by atoms with E-state index in [1.165, 1.54) is 29.2 Å². The van der Waals surface area contributed by atoms with Crippen LogP contribution in [0.1, 0.15) is 10.4 Å². The third-order valence-electron chi connectivity index (χ3n) is 4.08. The molecule has 0 aliphatic carbocycles. The van der Waals surface area contributed by atoms with E-state index >= 15 is 0 Å². The molecule has 1 heterocycles. The van der Waals surface area contributed by atoms with Gasteiger partial charge in [0.25, 0.3) is 5.91 Å². The molecular formula is C19H13FN2O2. The van der Waals surface area contributed by atoms with Crippen LogP contribution in [-0.4, -0.2) is 18.4 Å². The number of hydrogen-bond acceptors (Lipinski definition) is 2. The minimum absolute atomic E-state index is 0.0933. The standard InChI is InChI=1S/C19H13FN2O2/c20-13-7-9-14(10-8-13)21-17(23)11-22-16-6-2-4-12-3-1-5-15(18(12)16)19(22)24/h1-10H,11H2,(H,21,23). The van der Waals surface area contributed by atoms with Crippen LogP contribution in [0.3, 0.4) is 0 Å². The number of carbonyl (C=O) groups excluding carboxylic acids is 2. The molecule has 1 aliphatic rings. The summed E-state index contributed by atoms with van der Waals surface area (Å²) in [5.41, 5.74) is 1.84. The number of nitrogens with zero attached hydrogens (tertiary/aromatic N) is 1. The second kappa shape index (κ2) is 5.45. The second-order valence-corrected chi connectivity index (χ2v) is 5.63. The van der Waals surface area contributed by atoms with E-state index in [1.807, 2.05) is 30.3 Å². The van der Waals surface area contributed by atoms with Gasteiger partial charge in [0, 0.05) is 16.6 Å². The summed E-state index contributed by atoms with van der Waals surface area (Å²) in [5.74, 6) is -0.888. The van der Waals surface area contributed by atoms with Gasteiger partial charge in [-0.1, -0.05) is 24.3 Å². The van der Waals surface area contributed by atoms with Crippen LogP contribution < -0.4 is 10.2 Å². The molecule has 0 bridgehead atoms. The third kappa shape index (κ3) is 2.31. The summed E-state index contributed by atoms with van der Waals surface area (Å²) < 4.78 is 12.9. The average molecular weight is 320 g/mol. The summed E-state index contributed by atoms with van der Waals surface area (Å²) in [4.78, 5) is 26.3. The van der Waals surface area contributed by atoms with Crippen molar-refractivity contribution in [2.45, 2.75) is 0 Å². The first-order valence-corrected chi connectivity index (χ1v) is 7.52. The van der Waals surface area contributed by atoms with Gasteiger partial charge in [-0.3, -0.25) is 14.5 Å². The van der Waals surface area contributed by atoms with Gasteiger partial charge in [0.15, 0.2) is 0 Å². The van der Waals surface area contributed by atoms with Gasteiger partial charge in [-0.25, -0.2) is 4.39 Å². The SMILES string of the molecule is O=C(CN1C(=O)c2cccc3cccc1c23)Nc1ccc(F)cc1. The predicted molar refractivity (Wildman–Crippen MR) is 90.7 cm³/mol. The first-order chi connectivity index (χ1) is 11.6. The first kappa shape index (κ1) is 14.4. The van der Waals surface area contributed by atoms with Crippen LogP contribution in [0.25, 0.3) is 10.8 Å². The molecule has 5 heteroatoms. The summed E-state index contributed by atoms with van der Waals surface area (Å²) in [6.07, 6.45) is 0. The normalized spacial score (nSPS) is 12.7. The zero-order valence-corrected chi connectivity index (χ0v) is 12.6. The molecule has 0 aromatic heterocycles. The highest BCUT2D eigenvalue weighted by molar-refractivity contribution is 6.26. The summed E-state index contributed by atoms with van der Waals surface area (Å²) in [6, 6.07) is 16.7. The van der Waals surface area contributed by atoms with E-state index < -0.39 is 0 Å². The Balaban J connectivity index is 1.60. The molecule has 0 radical (unpaired) electrons. The Hall–Kier alpha value is -3.21. The van der Waals surface area contributed by atoms with Gasteiger partial charge in [0.1, 0.15) is 12.4 Å². The van der Waals surface area contributed by atoms with E-state index in [0.29, 0.717) is 11.3 Å². The molecule has 1 aliphatic heterocycles. The van der Waals surface area contributed by atoms with Gasteiger partial charge in [-0.15, -0.1) is 0 Å². The van der Waals surface area contributed by atoms with Gasteiger partial charge < -0.3 is 5.32 Å². The molecule has 118 valence electrons. The Bertz CT molecular complexity index is 962. The van der Waals surface area contributed by atoms with Crippen LogP contribution >= 0.6 is 0 Å². The van der Waals surface area contributed by atoms with Crippen LogP contribution in [0, 0.1) is 5.82 Å². The Morgan fingerprint density at radius 2 is 1.71 bits per heavy atom. The molecule has 0 atom stereocenters. The zero-order chi connectivity index (χ0) is 16.7. The van der Waals surface area contributed by atoms with E-state index in [1.54, 1.807) is 6.07 Å². The number of hydrogen-bond donors (Lipinski definition) is 1. The van der Waals surface area contributed by atoms with Crippen molar-refractivity contribution in [2.24, 2.45) is 0 Å². The van der Waals surface area contributed by atoms with Crippen molar-refractivity contribution in [1.29, 1.82) is 0 Å². The van der Waals surface area contributed by atoms with Gasteiger partial charge >= 0.3 is 0 Å². The van der Waals surface area contributed by atoms with Crippen LogP contribution in [0.5, 0.6) is 0 Å². The molecular weight excluding hydrogens is 307 g/mol. The second-order valence-electron chi connectivity index (χ2n) is 5.63. The number of anilines is 2. The number of nitrogens with one attached hydrogen (secondary N) is 1. The maximum absolute atomic E-state index is 12.9. The third-order valence-corrected chi connectivity index (χ3v) is 4.08. The summed E-state index contributed by atoms with van der Waals surface area (Å²) in [5, 5.41) is 4.52. The smallest absolute Gasteiger partial charge is 0.259 e. The topological polar surface area (TPSA) is 49.4 Å². The fourth-order valence-corrected chi connectivity index (χ4v) is 3.01. The minimum atomic E-state index is -0.371. The van der Waals surface area contributed by atoms with Crippen LogP contribution in [-0.2, 0) is 4.79 Å². The lowest BCUT2D eigenvalue weighted by Crippen LogP contribution is -2.35. The lowest BCUT2D eigenvalue weighted by molar-refractivity contribution is -0.114. The Labute approximate surface area is 137 Å². The summed E-state index contributed by atoms with van der Waals surface area (Å²) in [7, 11) is 0. The van der Waals surface area contributed by atoms with Crippen molar-refractivity contribution in [3.63, 3.8) is 0 Å². The average Bonchev–Trinajstić information content (AvgIpc) is 2.85. The first-order valence-electron chi connectivity index (χ1n) is 7.52. The van der Waals surface area contributed by atoms with Crippen molar-refractivity contribution >= 4 is 34.0 Å². The van der Waals surface area contributed by atoms with Crippen molar-refractivity contribution in [2.75, 3.05) is 16.8 Å². The van der Waals surface area contributed by atoms with Crippen molar-refractivity contribution < 1.29 is 14.0 Å². The highest BCUT2D eigenvalue weighted by atomic mass is 19.1. The van der Waals surface area contributed by atoms with E-state index in [2.05, 4.69) is 5.32 Å². The van der Waals surface area contributed by atoms with Gasteiger partial charge in [0.2, 0.25) is 5.91 Å². The van der Waals surface area contributed by atoms with Crippen LogP contribution in [0.15, 0.2) is 60.7 Å². The number of halogens is 1. The van der Waals surface area contributed by atoms with Gasteiger partial charge in [-0.2, -0.15) is 0 Å². The van der Waals surface area contributed by atoms with Crippen LogP contribution in [0.2, 0.25) is 0 Å². The molecule has 4 rings (SSSR count). The molecule has 2 amide bonds. The number of rotatable bonds is 3. The number of amides is 2. The van der Waals surface area contributed by atoms with E-state index in [4.69, 9.17) is 0 Å². The monoisotopic (exact) mass is 320 g/mol. The Kier molecular flexibility index (Phi) is 3.27. The molecule has 3 aromatic rings. The summed E-state index contributed by atoms with van der Waals surface area (Å²) >= 11 is 0. The number of benzene rings is 3. The van der Waals surface area contributed by atoms with Gasteiger partial charge in [-0.05, 0) is 41.8 Å². The lowest BCUT2D eigenvalue weighted by Gasteiger charge is -2.17. The predicted octanol–water partition coefficient (Wildman–Crippen LogP) is 3.58. The maximum Gasteiger partial charge on any atom is 0.259 e. The zero-order valence-electron chi connectivity index (χ0n) is 12.6. The molecule has 0 saturated carbocycles. The molecule has 4 nitrogen and oxygen atoms in total. The fourth-order valence-electron chi connectivity index (χ4n) is 3.01. The molecule has 3 aromatic carbocycles. The molecule has 0 fully saturated rings. The largest absolute Gasteiger partial charge is 0.325 e. The van der Waals surface area contributed by atoms with Gasteiger partial charge in [0.05, 0.1) is 5.69 Å². The molecule has 0 spiro atoms. The molecule has 0 saturated heterocycles. The Morgan fingerprint density at radius 1 is 1.00 bits per heavy atom. The van der Waals surface area contributed by atoms with E-state index in [9.17, 15) is 14.0 Å². The van der Waals surface area contributed by atoms with Crippen molar-refractivity contribution in [1.82, 2.24) is 0 Å². The van der Waals surface area contributed by atoms with E-state index in [0.717, 1.165) is 16.5 Å². The number of carbonyl (C=O) groups is 2.